The lowest BCUT2D eigenvalue weighted by atomic mass is 10.0. The van der Waals surface area contributed by atoms with E-state index in [4.69, 9.17) is 9.84 Å². The molecule has 110 valence electrons. The van der Waals surface area contributed by atoms with Crippen LogP contribution in [0, 0.1) is 0 Å². The minimum absolute atomic E-state index is 0.0873. The van der Waals surface area contributed by atoms with Gasteiger partial charge in [0.15, 0.2) is 0 Å². The van der Waals surface area contributed by atoms with Crippen molar-refractivity contribution in [2.45, 2.75) is 26.2 Å². The van der Waals surface area contributed by atoms with Gasteiger partial charge in [0.1, 0.15) is 11.6 Å². The number of benzene rings is 1. The number of rotatable bonds is 6. The lowest BCUT2D eigenvalue weighted by Gasteiger charge is -2.09. The second-order valence-corrected chi connectivity index (χ2v) is 5.02. The molecule has 0 fully saturated rings. The van der Waals surface area contributed by atoms with E-state index in [1.807, 2.05) is 18.2 Å². The molecule has 5 heteroatoms. The molecule has 0 spiro atoms. The number of carbonyl (C=O) groups is 1. The molecular weight excluding hydrogens is 268 g/mol. The molecule has 1 N–H and O–H groups in total. The summed E-state index contributed by atoms with van der Waals surface area (Å²) in [6.07, 6.45) is 3.15. The zero-order chi connectivity index (χ0) is 15.2. The van der Waals surface area contributed by atoms with Crippen LogP contribution in [-0.2, 0) is 6.42 Å². The van der Waals surface area contributed by atoms with Crippen LogP contribution in [0.2, 0.25) is 0 Å². The third-order valence-corrected chi connectivity index (χ3v) is 3.07. The van der Waals surface area contributed by atoms with Crippen LogP contribution >= 0.6 is 0 Å². The van der Waals surface area contributed by atoms with E-state index in [0.29, 0.717) is 24.8 Å². The van der Waals surface area contributed by atoms with Gasteiger partial charge in [-0.15, -0.1) is 0 Å². The van der Waals surface area contributed by atoms with E-state index in [2.05, 4.69) is 29.9 Å². The molecule has 0 saturated heterocycles. The summed E-state index contributed by atoms with van der Waals surface area (Å²) in [6.45, 7) is 4.72. The molecule has 21 heavy (non-hydrogen) atoms. The molecule has 0 bridgehead atoms. The molecule has 5 nitrogen and oxygen atoms in total. The molecule has 1 aromatic heterocycles. The highest BCUT2D eigenvalue weighted by Crippen LogP contribution is 2.20. The molecule has 0 aliphatic rings. The average molecular weight is 286 g/mol. The van der Waals surface area contributed by atoms with E-state index in [-0.39, 0.29) is 5.56 Å². The topological polar surface area (TPSA) is 72.3 Å². The third-order valence-electron chi connectivity index (χ3n) is 3.07. The number of ether oxygens (including phenoxy) is 1. The third kappa shape index (κ3) is 4.27. The first-order valence-corrected chi connectivity index (χ1v) is 6.83. The van der Waals surface area contributed by atoms with Crippen LogP contribution in [0.1, 0.15) is 41.5 Å². The fraction of sp³-hybridized carbons (Fsp3) is 0.312. The Labute approximate surface area is 123 Å². The Balaban J connectivity index is 1.89. The average Bonchev–Trinajstić information content (AvgIpc) is 2.48. The lowest BCUT2D eigenvalue weighted by molar-refractivity contribution is 0.0696. The Morgan fingerprint density at radius 3 is 2.62 bits per heavy atom. The van der Waals surface area contributed by atoms with Crippen molar-refractivity contribution in [3.05, 3.63) is 53.6 Å². The molecular formula is C16H18N2O3. The highest BCUT2D eigenvalue weighted by molar-refractivity contribution is 5.86. The highest BCUT2D eigenvalue weighted by Gasteiger charge is 2.05. The van der Waals surface area contributed by atoms with Gasteiger partial charge in [-0.05, 0) is 23.6 Å². The van der Waals surface area contributed by atoms with Gasteiger partial charge in [0, 0.05) is 18.8 Å². The number of nitrogens with zero attached hydrogens (tertiary/aromatic N) is 2. The highest BCUT2D eigenvalue weighted by atomic mass is 16.5. The van der Waals surface area contributed by atoms with Crippen LogP contribution < -0.4 is 4.74 Å². The monoisotopic (exact) mass is 286 g/mol. The first-order chi connectivity index (χ1) is 10.1. The number of aromatic carboxylic acids is 1. The van der Waals surface area contributed by atoms with Crippen LogP contribution in [0.15, 0.2) is 36.7 Å². The summed E-state index contributed by atoms with van der Waals surface area (Å²) in [5, 5.41) is 8.77. The predicted octanol–water partition coefficient (Wildman–Crippen LogP) is 2.92. The summed E-state index contributed by atoms with van der Waals surface area (Å²) >= 11 is 0. The van der Waals surface area contributed by atoms with Gasteiger partial charge in [-0.1, -0.05) is 26.0 Å². The van der Waals surface area contributed by atoms with Crippen LogP contribution in [0.5, 0.6) is 5.75 Å². The first kappa shape index (κ1) is 15.0. The zero-order valence-corrected chi connectivity index (χ0v) is 12.1. The molecule has 0 unspecified atom stereocenters. The minimum Gasteiger partial charge on any atom is -0.493 e. The fourth-order valence-corrected chi connectivity index (χ4v) is 1.82. The van der Waals surface area contributed by atoms with Crippen LogP contribution in [0.4, 0.5) is 0 Å². The summed E-state index contributed by atoms with van der Waals surface area (Å²) in [6, 6.07) is 7.99. The smallest absolute Gasteiger partial charge is 0.338 e. The molecule has 0 radical (unpaired) electrons. The normalized spacial score (nSPS) is 10.6. The van der Waals surface area contributed by atoms with Gasteiger partial charge in [-0.3, -0.25) is 0 Å². The Morgan fingerprint density at radius 2 is 2.00 bits per heavy atom. The summed E-state index contributed by atoms with van der Waals surface area (Å²) in [5.41, 5.74) is 1.32. The van der Waals surface area contributed by atoms with Gasteiger partial charge in [0.25, 0.3) is 0 Å². The van der Waals surface area contributed by atoms with Gasteiger partial charge in [-0.2, -0.15) is 0 Å². The van der Waals surface area contributed by atoms with E-state index in [1.165, 1.54) is 18.0 Å². The summed E-state index contributed by atoms with van der Waals surface area (Å²) in [4.78, 5) is 18.7. The summed E-state index contributed by atoms with van der Waals surface area (Å²) < 4.78 is 5.68. The lowest BCUT2D eigenvalue weighted by Crippen LogP contribution is -2.07. The zero-order valence-electron chi connectivity index (χ0n) is 12.1. The first-order valence-electron chi connectivity index (χ1n) is 6.83. The molecule has 1 heterocycles. The van der Waals surface area contributed by atoms with Gasteiger partial charge in [0.05, 0.1) is 12.2 Å². The van der Waals surface area contributed by atoms with Crippen LogP contribution in [0.3, 0.4) is 0 Å². The van der Waals surface area contributed by atoms with E-state index in [1.54, 1.807) is 0 Å². The van der Waals surface area contributed by atoms with E-state index in [9.17, 15) is 4.79 Å². The van der Waals surface area contributed by atoms with Gasteiger partial charge >= 0.3 is 5.97 Å². The fourth-order valence-electron chi connectivity index (χ4n) is 1.82. The number of hydrogen-bond donors (Lipinski definition) is 1. The standard InChI is InChI=1S/C16H18N2O3/c1-11(2)12-4-3-5-14(8-12)21-7-6-15-17-9-13(10-18-15)16(19)20/h3-5,8-11H,6-7H2,1-2H3,(H,19,20). The maximum Gasteiger partial charge on any atom is 0.338 e. The Bertz CT molecular complexity index is 609. The van der Waals surface area contributed by atoms with E-state index >= 15 is 0 Å². The van der Waals surface area contributed by atoms with Crippen molar-refractivity contribution >= 4 is 5.97 Å². The Morgan fingerprint density at radius 1 is 1.29 bits per heavy atom. The summed E-state index contributed by atoms with van der Waals surface area (Å²) in [7, 11) is 0. The molecule has 0 atom stereocenters. The number of carboxylic acids is 1. The minimum atomic E-state index is -1.02. The van der Waals surface area contributed by atoms with E-state index < -0.39 is 5.97 Å². The van der Waals surface area contributed by atoms with E-state index in [0.717, 1.165) is 5.75 Å². The van der Waals surface area contributed by atoms with Gasteiger partial charge in [0.2, 0.25) is 0 Å². The number of carboxylic acid groups (broad SMARTS) is 1. The van der Waals surface area contributed by atoms with Crippen molar-refractivity contribution in [2.24, 2.45) is 0 Å². The second-order valence-electron chi connectivity index (χ2n) is 5.02. The Kier molecular flexibility index (Phi) is 4.87. The Hall–Kier alpha value is -2.43. The quantitative estimate of drug-likeness (QED) is 0.884. The summed E-state index contributed by atoms with van der Waals surface area (Å²) in [5.74, 6) is 0.826. The molecule has 1 aromatic carbocycles. The SMILES string of the molecule is CC(C)c1cccc(OCCc2ncc(C(=O)O)cn2)c1. The van der Waals surface area contributed by atoms with Crippen molar-refractivity contribution in [3.63, 3.8) is 0 Å². The molecule has 2 rings (SSSR count). The van der Waals surface area contributed by atoms with Crippen molar-refractivity contribution in [1.29, 1.82) is 0 Å². The largest absolute Gasteiger partial charge is 0.493 e. The van der Waals surface area contributed by atoms with Gasteiger partial charge < -0.3 is 9.84 Å². The van der Waals surface area contributed by atoms with Crippen molar-refractivity contribution < 1.29 is 14.6 Å². The van der Waals surface area contributed by atoms with Crippen molar-refractivity contribution in [1.82, 2.24) is 9.97 Å². The predicted molar refractivity (Wildman–Crippen MR) is 78.7 cm³/mol. The second kappa shape index (κ2) is 6.83. The van der Waals surface area contributed by atoms with Crippen molar-refractivity contribution in [2.75, 3.05) is 6.61 Å². The molecule has 0 amide bonds. The molecule has 2 aromatic rings. The van der Waals surface area contributed by atoms with Gasteiger partial charge in [-0.25, -0.2) is 14.8 Å². The number of aromatic nitrogens is 2. The molecule has 0 aliphatic carbocycles. The number of hydrogen-bond acceptors (Lipinski definition) is 4. The maximum absolute atomic E-state index is 10.7. The molecule has 0 aliphatic heterocycles. The van der Waals surface area contributed by atoms with Crippen LogP contribution in [0.25, 0.3) is 0 Å². The van der Waals surface area contributed by atoms with Crippen LogP contribution in [-0.4, -0.2) is 27.7 Å². The maximum atomic E-state index is 10.7. The van der Waals surface area contributed by atoms with Crippen molar-refractivity contribution in [3.8, 4) is 5.75 Å². The molecule has 0 saturated carbocycles.